The average molecular weight is 393 g/mol. The third-order valence-electron chi connectivity index (χ3n) is 5.79. The van der Waals surface area contributed by atoms with Crippen molar-refractivity contribution in [3.63, 3.8) is 0 Å². The van der Waals surface area contributed by atoms with E-state index in [0.29, 0.717) is 41.5 Å². The minimum atomic E-state index is 0.364. The van der Waals surface area contributed by atoms with Crippen LogP contribution in [-0.2, 0) is 0 Å². The molecule has 1 saturated carbocycles. The molecule has 3 fully saturated rings. The Kier molecular flexibility index (Phi) is 5.60. The molecule has 3 aliphatic rings. The monoisotopic (exact) mass is 392 g/mol. The van der Waals surface area contributed by atoms with Crippen molar-refractivity contribution in [3.8, 4) is 6.07 Å². The molecular weight excluding hydrogens is 364 g/mol. The van der Waals surface area contributed by atoms with E-state index in [1.807, 2.05) is 19.1 Å². The van der Waals surface area contributed by atoms with Crippen molar-refractivity contribution in [2.24, 2.45) is 21.8 Å². The fourth-order valence-corrected chi connectivity index (χ4v) is 4.25. The number of hydrogen-bond donors (Lipinski definition) is 3. The minimum Gasteiger partial charge on any atom is -0.366 e. The highest BCUT2D eigenvalue weighted by atomic mass is 15.4. The van der Waals surface area contributed by atoms with Crippen LogP contribution in [0.5, 0.6) is 0 Å². The number of fused-ring (bicyclic) bond motifs is 1. The summed E-state index contributed by atoms with van der Waals surface area (Å²) in [4.78, 5) is 16.1. The standard InChI is InChI=1S/C21H28N8/c1-13-10-19(28-27-13)24-15(3)25-21(16-6-4-8-23-14(16)2)26-20-17-11-29(9-5-7-22)12-18(17)20/h4,6,8,13,17-18,20,26-27H,2,5,9-12H2,1,3H3,(H,24,25,28)/b21-16+/t13?,17-,18+,20?. The second-order valence-corrected chi connectivity index (χ2v) is 8.10. The first-order chi connectivity index (χ1) is 14.0. The van der Waals surface area contributed by atoms with Crippen molar-refractivity contribution in [2.75, 3.05) is 19.6 Å². The quantitative estimate of drug-likeness (QED) is 0.470. The Labute approximate surface area is 171 Å². The highest BCUT2D eigenvalue weighted by Crippen LogP contribution is 2.45. The molecule has 1 aromatic heterocycles. The van der Waals surface area contributed by atoms with E-state index in [-0.39, 0.29) is 0 Å². The first-order valence-electron chi connectivity index (χ1n) is 10.2. The number of hydrogen-bond acceptors (Lipinski definition) is 6. The third kappa shape index (κ3) is 4.47. The van der Waals surface area contributed by atoms with Gasteiger partial charge in [-0.1, -0.05) is 6.58 Å². The highest BCUT2D eigenvalue weighted by Gasteiger charge is 2.55. The molecule has 2 unspecified atom stereocenters. The van der Waals surface area contributed by atoms with E-state index in [4.69, 9.17) is 10.3 Å². The van der Waals surface area contributed by atoms with Crippen LogP contribution in [0.1, 0.15) is 26.7 Å². The largest absolute Gasteiger partial charge is 0.366 e. The van der Waals surface area contributed by atoms with Crippen molar-refractivity contribution in [3.05, 3.63) is 28.9 Å². The van der Waals surface area contributed by atoms with Gasteiger partial charge >= 0.3 is 0 Å². The van der Waals surface area contributed by atoms with Crippen LogP contribution in [0.15, 0.2) is 28.3 Å². The van der Waals surface area contributed by atoms with Crippen LogP contribution in [0.4, 0.5) is 0 Å². The fourth-order valence-electron chi connectivity index (χ4n) is 4.25. The third-order valence-corrected chi connectivity index (χ3v) is 5.79. The molecule has 4 rings (SSSR count). The lowest BCUT2D eigenvalue weighted by Gasteiger charge is -2.19. The van der Waals surface area contributed by atoms with Crippen LogP contribution < -0.4 is 26.7 Å². The number of nitriles is 1. The summed E-state index contributed by atoms with van der Waals surface area (Å²) in [6, 6.07) is 6.90. The van der Waals surface area contributed by atoms with Gasteiger partial charge in [0.2, 0.25) is 0 Å². The molecule has 0 bridgehead atoms. The summed E-state index contributed by atoms with van der Waals surface area (Å²) in [5.41, 5.74) is 6.26. The summed E-state index contributed by atoms with van der Waals surface area (Å²) in [5.74, 6) is 3.59. The molecule has 8 heteroatoms. The van der Waals surface area contributed by atoms with Gasteiger partial charge in [0.25, 0.3) is 0 Å². The van der Waals surface area contributed by atoms with Crippen LogP contribution in [0.25, 0.3) is 12.4 Å². The van der Waals surface area contributed by atoms with Gasteiger partial charge in [-0.2, -0.15) is 5.26 Å². The Balaban J connectivity index is 1.53. The van der Waals surface area contributed by atoms with Gasteiger partial charge in [-0.25, -0.2) is 15.4 Å². The molecule has 4 atom stereocenters. The number of aliphatic imine (C=N–C) groups is 2. The van der Waals surface area contributed by atoms with Gasteiger partial charge in [0, 0.05) is 56.0 Å². The molecule has 2 saturated heterocycles. The summed E-state index contributed by atoms with van der Waals surface area (Å²) in [6.45, 7) is 11.0. The number of nitrogens with zero attached hydrogens (tertiary/aromatic N) is 5. The first kappa shape index (κ1) is 19.6. The van der Waals surface area contributed by atoms with Crippen LogP contribution in [-0.4, -0.2) is 53.3 Å². The van der Waals surface area contributed by atoms with E-state index >= 15 is 0 Å². The SMILES string of the molecule is C=c1nccc/c1=C(/N=C(C)N=C1CC(C)NN1)NC1[C@H]2CN(CCC#N)C[C@@H]12. The van der Waals surface area contributed by atoms with Crippen molar-refractivity contribution in [1.29, 1.82) is 5.26 Å². The highest BCUT2D eigenvalue weighted by molar-refractivity contribution is 5.97. The van der Waals surface area contributed by atoms with Gasteiger partial charge in [-0.3, -0.25) is 4.98 Å². The molecule has 29 heavy (non-hydrogen) atoms. The Hall–Kier alpha value is -2.76. The lowest BCUT2D eigenvalue weighted by atomic mass is 10.3. The number of amidine groups is 2. The molecule has 1 aromatic rings. The molecule has 0 spiro atoms. The fraction of sp³-hybridized carbons (Fsp3) is 0.524. The second-order valence-electron chi connectivity index (χ2n) is 8.10. The summed E-state index contributed by atoms with van der Waals surface area (Å²) in [5, 5.41) is 14.0. The maximum absolute atomic E-state index is 8.79. The molecule has 0 aromatic carbocycles. The molecule has 0 radical (unpaired) electrons. The first-order valence-corrected chi connectivity index (χ1v) is 10.2. The van der Waals surface area contributed by atoms with Gasteiger partial charge < -0.3 is 15.6 Å². The predicted molar refractivity (Wildman–Crippen MR) is 114 cm³/mol. The zero-order chi connectivity index (χ0) is 20.4. The van der Waals surface area contributed by atoms with E-state index in [0.717, 1.165) is 42.9 Å². The molecule has 0 amide bonds. The smallest absolute Gasteiger partial charge is 0.137 e. The number of likely N-dealkylation sites (tertiary alicyclic amines) is 1. The molecule has 1 aliphatic carbocycles. The van der Waals surface area contributed by atoms with Gasteiger partial charge in [0.05, 0.1) is 11.4 Å². The maximum atomic E-state index is 8.79. The van der Waals surface area contributed by atoms with Crippen LogP contribution >= 0.6 is 0 Å². The van der Waals surface area contributed by atoms with E-state index in [2.05, 4.69) is 50.6 Å². The lowest BCUT2D eigenvalue weighted by molar-refractivity contribution is 0.300. The van der Waals surface area contributed by atoms with E-state index in [1.165, 1.54) is 0 Å². The summed E-state index contributed by atoms with van der Waals surface area (Å²) in [7, 11) is 0. The molecule has 3 heterocycles. The van der Waals surface area contributed by atoms with Gasteiger partial charge in [-0.15, -0.1) is 0 Å². The normalized spacial score (nSPS) is 31.2. The van der Waals surface area contributed by atoms with Crippen molar-refractivity contribution in [2.45, 2.75) is 38.8 Å². The van der Waals surface area contributed by atoms with Crippen LogP contribution in [0.2, 0.25) is 0 Å². The van der Waals surface area contributed by atoms with Crippen molar-refractivity contribution in [1.82, 2.24) is 26.1 Å². The Morgan fingerprint density at radius 2 is 2.24 bits per heavy atom. The maximum Gasteiger partial charge on any atom is 0.137 e. The molecule has 8 nitrogen and oxygen atoms in total. The van der Waals surface area contributed by atoms with Crippen molar-refractivity contribution >= 4 is 24.1 Å². The van der Waals surface area contributed by atoms with Gasteiger partial charge in [0.1, 0.15) is 17.5 Å². The topological polar surface area (TPSA) is 101 Å². The Morgan fingerprint density at radius 3 is 2.90 bits per heavy atom. The summed E-state index contributed by atoms with van der Waals surface area (Å²) >= 11 is 0. The van der Waals surface area contributed by atoms with Crippen LogP contribution in [0.3, 0.4) is 0 Å². The molecule has 2 aliphatic heterocycles. The minimum absolute atomic E-state index is 0.364. The average Bonchev–Trinajstić information content (AvgIpc) is 3.02. The molecule has 3 N–H and O–H groups in total. The Morgan fingerprint density at radius 1 is 1.45 bits per heavy atom. The summed E-state index contributed by atoms with van der Waals surface area (Å²) < 4.78 is 0. The number of aromatic nitrogens is 1. The van der Waals surface area contributed by atoms with Gasteiger partial charge in [0.15, 0.2) is 0 Å². The number of hydrazine groups is 1. The number of nitrogens with one attached hydrogen (secondary N) is 3. The lowest BCUT2D eigenvalue weighted by Crippen LogP contribution is -2.36. The zero-order valence-electron chi connectivity index (χ0n) is 17.0. The summed E-state index contributed by atoms with van der Waals surface area (Å²) in [6.07, 6.45) is 3.20. The van der Waals surface area contributed by atoms with Gasteiger partial charge in [-0.05, 0) is 37.8 Å². The number of pyridine rings is 1. The zero-order valence-corrected chi connectivity index (χ0v) is 17.0. The van der Waals surface area contributed by atoms with Crippen molar-refractivity contribution < 1.29 is 0 Å². The predicted octanol–water partition coefficient (Wildman–Crippen LogP) is -0.306. The molecular formula is C21H28N8. The second kappa shape index (κ2) is 8.31. The number of rotatable bonds is 5. The van der Waals surface area contributed by atoms with E-state index < -0.39 is 0 Å². The Bertz CT molecular complexity index is 963. The molecule has 152 valence electrons. The van der Waals surface area contributed by atoms with E-state index in [9.17, 15) is 0 Å². The van der Waals surface area contributed by atoms with E-state index in [1.54, 1.807) is 6.20 Å². The number of piperidine rings is 1. The van der Waals surface area contributed by atoms with Crippen LogP contribution in [0, 0.1) is 23.2 Å².